The first-order valence-corrected chi connectivity index (χ1v) is 10.9. The molecular weight excluding hydrogens is 475 g/mol. The van der Waals surface area contributed by atoms with Crippen LogP contribution >= 0.6 is 34.8 Å². The van der Waals surface area contributed by atoms with Crippen LogP contribution in [0.5, 0.6) is 5.75 Å². The number of carbonyl (C=O) groups excluding carboxylic acids is 2. The fourth-order valence-electron chi connectivity index (χ4n) is 2.94. The normalized spacial score (nSPS) is 10.7. The lowest BCUT2D eigenvalue weighted by molar-refractivity contribution is 0.0945. The molecule has 3 rings (SSSR count). The largest absolute Gasteiger partial charge is 0.486 e. The second kappa shape index (κ2) is 10.7. The van der Waals surface area contributed by atoms with E-state index in [9.17, 15) is 9.59 Å². The second-order valence-corrected chi connectivity index (χ2v) is 8.18. The number of halogens is 3. The number of aryl methyl sites for hydroxylation is 1. The molecule has 0 spiro atoms. The fraction of sp³-hybridized carbons (Fsp3) is 0.227. The van der Waals surface area contributed by atoms with Crippen molar-refractivity contribution in [2.45, 2.75) is 20.0 Å². The zero-order valence-electron chi connectivity index (χ0n) is 17.4. The maximum absolute atomic E-state index is 12.8. The molecule has 0 atom stereocenters. The van der Waals surface area contributed by atoms with Gasteiger partial charge in [0.2, 0.25) is 0 Å². The Kier molecular flexibility index (Phi) is 8.01. The van der Waals surface area contributed by atoms with Gasteiger partial charge in [-0.2, -0.15) is 5.10 Å². The molecule has 0 saturated heterocycles. The van der Waals surface area contributed by atoms with E-state index in [2.05, 4.69) is 15.7 Å². The van der Waals surface area contributed by atoms with Gasteiger partial charge in [0.15, 0.2) is 5.75 Å². The van der Waals surface area contributed by atoms with E-state index >= 15 is 0 Å². The number of hydrogen-bond donors (Lipinski definition) is 2. The van der Waals surface area contributed by atoms with E-state index in [0.29, 0.717) is 38.6 Å². The van der Waals surface area contributed by atoms with Crippen LogP contribution in [0, 0.1) is 0 Å². The SMILES string of the molecule is CCCNC(=O)c1c(NC(=O)c2cccc(COc3c(Cl)cc(Cl)cc3Cl)c2)cnn1C. The Bertz CT molecular complexity index is 1120. The maximum atomic E-state index is 12.8. The van der Waals surface area contributed by atoms with Gasteiger partial charge in [-0.3, -0.25) is 14.3 Å². The molecule has 2 N–H and O–H groups in total. The van der Waals surface area contributed by atoms with Crippen LogP contribution in [0.2, 0.25) is 15.1 Å². The van der Waals surface area contributed by atoms with E-state index in [-0.39, 0.29) is 24.1 Å². The topological polar surface area (TPSA) is 85.2 Å². The lowest BCUT2D eigenvalue weighted by Crippen LogP contribution is -2.27. The summed E-state index contributed by atoms with van der Waals surface area (Å²) in [5, 5.41) is 10.6. The van der Waals surface area contributed by atoms with Crippen molar-refractivity contribution in [1.82, 2.24) is 15.1 Å². The van der Waals surface area contributed by atoms with Gasteiger partial charge < -0.3 is 15.4 Å². The van der Waals surface area contributed by atoms with E-state index in [1.807, 2.05) is 13.0 Å². The first-order chi connectivity index (χ1) is 15.3. The highest BCUT2D eigenvalue weighted by Gasteiger charge is 2.19. The molecule has 7 nitrogen and oxygen atoms in total. The van der Waals surface area contributed by atoms with Gasteiger partial charge in [-0.25, -0.2) is 0 Å². The van der Waals surface area contributed by atoms with Crippen LogP contribution < -0.4 is 15.4 Å². The van der Waals surface area contributed by atoms with Gasteiger partial charge >= 0.3 is 0 Å². The van der Waals surface area contributed by atoms with Crippen molar-refractivity contribution in [3.05, 3.63) is 74.5 Å². The third kappa shape index (κ3) is 5.73. The van der Waals surface area contributed by atoms with Gasteiger partial charge in [-0.1, -0.05) is 53.9 Å². The summed E-state index contributed by atoms with van der Waals surface area (Å²) in [4.78, 5) is 25.2. The van der Waals surface area contributed by atoms with Crippen molar-refractivity contribution < 1.29 is 14.3 Å². The third-order valence-electron chi connectivity index (χ3n) is 4.47. The van der Waals surface area contributed by atoms with E-state index in [0.717, 1.165) is 12.0 Å². The molecule has 1 aromatic heterocycles. The van der Waals surface area contributed by atoms with Crippen molar-refractivity contribution in [3.8, 4) is 5.75 Å². The summed E-state index contributed by atoms with van der Waals surface area (Å²) in [7, 11) is 1.64. The highest BCUT2D eigenvalue weighted by Crippen LogP contribution is 2.36. The Morgan fingerprint density at radius 1 is 1.09 bits per heavy atom. The average molecular weight is 496 g/mol. The quantitative estimate of drug-likeness (QED) is 0.441. The molecule has 2 aromatic carbocycles. The molecule has 0 aliphatic rings. The van der Waals surface area contributed by atoms with Gasteiger partial charge in [-0.15, -0.1) is 0 Å². The maximum Gasteiger partial charge on any atom is 0.271 e. The second-order valence-electron chi connectivity index (χ2n) is 6.93. The average Bonchev–Trinajstić information content (AvgIpc) is 3.11. The monoisotopic (exact) mass is 494 g/mol. The molecule has 3 aromatic rings. The standard InChI is InChI=1S/C22H21Cl3N4O3/c1-3-7-26-22(31)19-18(11-27-29(19)2)28-21(30)14-6-4-5-13(8-14)12-32-20-16(24)9-15(23)10-17(20)25/h4-6,8-11H,3,7,12H2,1-2H3,(H,26,31)(H,28,30). The first-order valence-electron chi connectivity index (χ1n) is 9.78. The van der Waals surface area contributed by atoms with E-state index in [1.165, 1.54) is 23.0 Å². The molecule has 0 bridgehead atoms. The summed E-state index contributed by atoms with van der Waals surface area (Å²) in [5.74, 6) is -0.376. The zero-order valence-corrected chi connectivity index (χ0v) is 19.7. The third-order valence-corrected chi connectivity index (χ3v) is 5.25. The van der Waals surface area contributed by atoms with E-state index in [4.69, 9.17) is 39.5 Å². The number of anilines is 1. The highest BCUT2D eigenvalue weighted by molar-refractivity contribution is 6.40. The number of benzene rings is 2. The minimum absolute atomic E-state index is 0.139. The Balaban J connectivity index is 1.72. The number of nitrogens with zero attached hydrogens (tertiary/aromatic N) is 2. The lowest BCUT2D eigenvalue weighted by Gasteiger charge is -2.12. The van der Waals surface area contributed by atoms with Gasteiger partial charge in [0.1, 0.15) is 12.3 Å². The number of rotatable bonds is 8. The van der Waals surface area contributed by atoms with E-state index < -0.39 is 0 Å². The molecule has 2 amide bonds. The fourth-order valence-corrected chi connectivity index (χ4v) is 3.87. The zero-order chi connectivity index (χ0) is 23.3. The predicted octanol–water partition coefficient (Wildman–Crippen LogP) is 5.35. The Hall–Kier alpha value is -2.74. The van der Waals surface area contributed by atoms with Crippen LogP contribution in [0.15, 0.2) is 42.6 Å². The van der Waals surface area contributed by atoms with Gasteiger partial charge in [0.05, 0.1) is 21.9 Å². The number of carbonyl (C=O) groups is 2. The van der Waals surface area contributed by atoms with Crippen LogP contribution in [-0.4, -0.2) is 28.1 Å². The summed E-state index contributed by atoms with van der Waals surface area (Å²) in [5.41, 5.74) is 1.72. The molecule has 0 fully saturated rings. The minimum Gasteiger partial charge on any atom is -0.486 e. The minimum atomic E-state index is -0.382. The Labute approximate surface area is 200 Å². The van der Waals surface area contributed by atoms with Crippen LogP contribution in [0.4, 0.5) is 5.69 Å². The van der Waals surface area contributed by atoms with Crippen molar-refractivity contribution in [1.29, 1.82) is 0 Å². The van der Waals surface area contributed by atoms with E-state index in [1.54, 1.807) is 25.2 Å². The Morgan fingerprint density at radius 2 is 1.81 bits per heavy atom. The van der Waals surface area contributed by atoms with Crippen LogP contribution in [0.25, 0.3) is 0 Å². The van der Waals surface area contributed by atoms with Crippen molar-refractivity contribution in [3.63, 3.8) is 0 Å². The molecule has 0 aliphatic carbocycles. The van der Waals surface area contributed by atoms with Crippen LogP contribution in [0.1, 0.15) is 39.8 Å². The molecule has 0 saturated carbocycles. The number of amides is 2. The van der Waals surface area contributed by atoms with Crippen molar-refractivity contribution in [2.24, 2.45) is 7.05 Å². The van der Waals surface area contributed by atoms with Gasteiger partial charge in [-0.05, 0) is 36.2 Å². The molecule has 0 unspecified atom stereocenters. The van der Waals surface area contributed by atoms with Gasteiger partial charge in [0, 0.05) is 24.2 Å². The van der Waals surface area contributed by atoms with Crippen LogP contribution in [-0.2, 0) is 13.7 Å². The highest BCUT2D eigenvalue weighted by atomic mass is 35.5. The molecule has 168 valence electrons. The molecule has 0 radical (unpaired) electrons. The molecule has 10 heteroatoms. The van der Waals surface area contributed by atoms with Crippen LogP contribution in [0.3, 0.4) is 0 Å². The Morgan fingerprint density at radius 3 is 2.50 bits per heavy atom. The first kappa shape index (κ1) is 23.9. The summed E-state index contributed by atoms with van der Waals surface area (Å²) in [6.45, 7) is 2.62. The molecule has 32 heavy (non-hydrogen) atoms. The van der Waals surface area contributed by atoms with Crippen molar-refractivity contribution >= 4 is 52.3 Å². The summed E-state index contributed by atoms with van der Waals surface area (Å²) in [6.07, 6.45) is 2.24. The molecule has 1 heterocycles. The summed E-state index contributed by atoms with van der Waals surface area (Å²) < 4.78 is 7.15. The summed E-state index contributed by atoms with van der Waals surface area (Å²) in [6, 6.07) is 9.96. The van der Waals surface area contributed by atoms with Gasteiger partial charge in [0.25, 0.3) is 11.8 Å². The molecular formula is C22H21Cl3N4O3. The van der Waals surface area contributed by atoms with Crippen molar-refractivity contribution in [2.75, 3.05) is 11.9 Å². The molecule has 0 aliphatic heterocycles. The predicted molar refractivity (Wildman–Crippen MR) is 126 cm³/mol. The number of nitrogens with one attached hydrogen (secondary N) is 2. The number of aromatic nitrogens is 2. The summed E-state index contributed by atoms with van der Waals surface area (Å²) >= 11 is 18.2. The number of hydrogen-bond acceptors (Lipinski definition) is 4. The smallest absolute Gasteiger partial charge is 0.271 e. The number of ether oxygens (including phenoxy) is 1. The lowest BCUT2D eigenvalue weighted by atomic mass is 10.1.